The molecule has 4 rings (SSSR count). The Kier molecular flexibility index (Phi) is 5.94. The van der Waals surface area contributed by atoms with Gasteiger partial charge in [0.2, 0.25) is 0 Å². The van der Waals surface area contributed by atoms with E-state index in [9.17, 15) is 22.8 Å². The number of amidine groups is 2. The summed E-state index contributed by atoms with van der Waals surface area (Å²) in [7, 11) is 0. The summed E-state index contributed by atoms with van der Waals surface area (Å²) in [5, 5.41) is 23.2. The van der Waals surface area contributed by atoms with Crippen molar-refractivity contribution in [2.45, 2.75) is 19.3 Å². The molecule has 34 heavy (non-hydrogen) atoms. The minimum Gasteiger partial charge on any atom is -0.329 e. The summed E-state index contributed by atoms with van der Waals surface area (Å²) in [6.07, 6.45) is 0.226. The number of aromatic amines is 1. The number of benzene rings is 2. The fraction of sp³-hybridized carbons (Fsp3) is 0.261. The largest absolute Gasteiger partial charge is 0.329 e. The number of hydrogen-bond donors (Lipinski definition) is 3. The van der Waals surface area contributed by atoms with E-state index in [1.165, 1.54) is 17.0 Å². The summed E-state index contributed by atoms with van der Waals surface area (Å²) >= 11 is 0. The van der Waals surface area contributed by atoms with E-state index < -0.39 is 23.5 Å². The van der Waals surface area contributed by atoms with Crippen LogP contribution in [-0.4, -0.2) is 63.1 Å². The smallest absolute Gasteiger partial charge is 0.301 e. The zero-order valence-electron chi connectivity index (χ0n) is 18.2. The highest BCUT2D eigenvalue weighted by atomic mass is 19.3. The average molecular weight is 470 g/mol. The first-order valence-electron chi connectivity index (χ1n) is 10.4. The van der Waals surface area contributed by atoms with Gasteiger partial charge in [-0.1, -0.05) is 24.3 Å². The van der Waals surface area contributed by atoms with Gasteiger partial charge in [0.25, 0.3) is 11.5 Å². The lowest BCUT2D eigenvalue weighted by molar-refractivity contribution is 0.0720. The first kappa shape index (κ1) is 23.1. The number of carbonyl (C=O) groups excluding carboxylic acids is 1. The second kappa shape index (κ2) is 8.73. The second-order valence-electron chi connectivity index (χ2n) is 8.10. The van der Waals surface area contributed by atoms with Gasteiger partial charge < -0.3 is 9.80 Å². The van der Waals surface area contributed by atoms with Gasteiger partial charge in [0.15, 0.2) is 5.84 Å². The van der Waals surface area contributed by atoms with Crippen LogP contribution in [0, 0.1) is 16.6 Å². The Balaban J connectivity index is 1.56. The van der Waals surface area contributed by atoms with Gasteiger partial charge in [0, 0.05) is 31.8 Å². The predicted octanol–water partition coefficient (Wildman–Crippen LogP) is 3.02. The van der Waals surface area contributed by atoms with Gasteiger partial charge in [-0.3, -0.25) is 20.4 Å². The maximum absolute atomic E-state index is 14.6. The molecule has 1 aromatic heterocycles. The van der Waals surface area contributed by atoms with Gasteiger partial charge in [-0.05, 0) is 23.8 Å². The van der Waals surface area contributed by atoms with Gasteiger partial charge >= 0.3 is 5.92 Å². The Morgan fingerprint density at radius 3 is 2.56 bits per heavy atom. The zero-order chi connectivity index (χ0) is 24.6. The van der Waals surface area contributed by atoms with E-state index >= 15 is 0 Å². The summed E-state index contributed by atoms with van der Waals surface area (Å²) < 4.78 is 41.5. The molecule has 0 spiro atoms. The third-order valence-electron chi connectivity index (χ3n) is 5.64. The van der Waals surface area contributed by atoms with Crippen molar-refractivity contribution in [2.75, 3.05) is 19.6 Å². The van der Waals surface area contributed by atoms with Crippen LogP contribution in [0.1, 0.15) is 28.5 Å². The van der Waals surface area contributed by atoms with Gasteiger partial charge in [-0.15, -0.1) is 0 Å². The van der Waals surface area contributed by atoms with Crippen molar-refractivity contribution in [3.8, 4) is 0 Å². The van der Waals surface area contributed by atoms with Crippen LogP contribution in [0.25, 0.3) is 10.8 Å². The normalized spacial score (nSPS) is 14.5. The van der Waals surface area contributed by atoms with Crippen molar-refractivity contribution < 1.29 is 18.0 Å². The molecule has 2 heterocycles. The van der Waals surface area contributed by atoms with Crippen molar-refractivity contribution in [3.05, 3.63) is 75.5 Å². The molecule has 1 saturated heterocycles. The lowest BCUT2D eigenvalue weighted by Crippen LogP contribution is -2.56. The number of carbonyl (C=O) groups is 1. The summed E-state index contributed by atoms with van der Waals surface area (Å²) in [4.78, 5) is 27.0. The fourth-order valence-corrected chi connectivity index (χ4v) is 3.87. The molecule has 3 N–H and O–H groups in total. The topological polar surface area (TPSA) is 117 Å². The predicted molar refractivity (Wildman–Crippen MR) is 120 cm³/mol. The number of fused-ring (bicyclic) bond motifs is 1. The Morgan fingerprint density at radius 1 is 1.18 bits per heavy atom. The van der Waals surface area contributed by atoms with Gasteiger partial charge in [-0.2, -0.15) is 13.9 Å². The lowest BCUT2D eigenvalue weighted by atomic mass is 10.0. The molecule has 1 aliphatic heterocycles. The third-order valence-corrected chi connectivity index (χ3v) is 5.64. The van der Waals surface area contributed by atoms with Crippen LogP contribution in [0.5, 0.6) is 0 Å². The molecule has 1 fully saturated rings. The molecule has 0 saturated carbocycles. The number of aromatic nitrogens is 2. The Morgan fingerprint density at radius 2 is 1.88 bits per heavy atom. The summed E-state index contributed by atoms with van der Waals surface area (Å²) in [5.41, 5.74) is 0.582. The van der Waals surface area contributed by atoms with Crippen molar-refractivity contribution in [1.29, 1.82) is 10.8 Å². The molecule has 176 valence electrons. The standard InChI is InChI=1S/C23H21F3N6O2/c1-23(25,26)22(28)32-9-8-31(12-19(32)27)21(34)16-10-13(6-7-17(16)24)11-18-14-4-2-3-5-15(14)20(33)30-29-18/h2-7,10,27-28H,8-9,11-12H2,1H3,(H,30,33). The molecule has 8 nitrogen and oxygen atoms in total. The molecule has 0 atom stereocenters. The highest BCUT2D eigenvalue weighted by Crippen LogP contribution is 2.22. The van der Waals surface area contributed by atoms with Gasteiger partial charge in [-0.25, -0.2) is 9.49 Å². The minimum atomic E-state index is -3.42. The van der Waals surface area contributed by atoms with Crippen molar-refractivity contribution in [3.63, 3.8) is 0 Å². The second-order valence-corrected chi connectivity index (χ2v) is 8.10. The molecule has 0 bridgehead atoms. The van der Waals surface area contributed by atoms with Crippen LogP contribution < -0.4 is 5.56 Å². The number of alkyl halides is 2. The number of rotatable bonds is 4. The lowest BCUT2D eigenvalue weighted by Gasteiger charge is -2.37. The van der Waals surface area contributed by atoms with E-state index in [-0.39, 0.29) is 43.0 Å². The summed E-state index contributed by atoms with van der Waals surface area (Å²) in [5.74, 6) is -6.21. The van der Waals surface area contributed by atoms with Crippen molar-refractivity contribution >= 4 is 28.4 Å². The fourth-order valence-electron chi connectivity index (χ4n) is 3.87. The van der Waals surface area contributed by atoms with Crippen LogP contribution >= 0.6 is 0 Å². The van der Waals surface area contributed by atoms with E-state index in [0.717, 1.165) is 11.0 Å². The minimum absolute atomic E-state index is 0.0462. The molecule has 3 aromatic rings. The van der Waals surface area contributed by atoms with E-state index in [1.807, 2.05) is 0 Å². The van der Waals surface area contributed by atoms with Crippen LogP contribution in [0.4, 0.5) is 13.2 Å². The van der Waals surface area contributed by atoms with Crippen LogP contribution in [0.3, 0.4) is 0 Å². The number of amides is 1. The molecule has 0 radical (unpaired) electrons. The molecule has 1 amide bonds. The van der Waals surface area contributed by atoms with E-state index in [2.05, 4.69) is 10.2 Å². The number of piperazine rings is 1. The summed E-state index contributed by atoms with van der Waals surface area (Å²) in [6.45, 7) is 0.0332. The maximum atomic E-state index is 14.6. The summed E-state index contributed by atoms with van der Waals surface area (Å²) in [6, 6.07) is 11.0. The van der Waals surface area contributed by atoms with Crippen LogP contribution in [0.2, 0.25) is 0 Å². The van der Waals surface area contributed by atoms with E-state index in [1.54, 1.807) is 24.3 Å². The number of H-pyrrole nitrogens is 1. The maximum Gasteiger partial charge on any atom is 0.301 e. The van der Waals surface area contributed by atoms with Crippen LogP contribution in [-0.2, 0) is 6.42 Å². The third kappa shape index (κ3) is 4.41. The van der Waals surface area contributed by atoms with Gasteiger partial charge in [0.05, 0.1) is 23.2 Å². The quantitative estimate of drug-likeness (QED) is 0.401. The number of halogens is 3. The first-order chi connectivity index (χ1) is 16.1. The molecular weight excluding hydrogens is 449 g/mol. The molecule has 2 aromatic carbocycles. The average Bonchev–Trinajstić information content (AvgIpc) is 2.80. The Hall–Kier alpha value is -4.02. The van der Waals surface area contributed by atoms with Crippen molar-refractivity contribution in [2.24, 2.45) is 0 Å². The Bertz CT molecular complexity index is 1360. The van der Waals surface area contributed by atoms with Crippen LogP contribution in [0.15, 0.2) is 47.3 Å². The Labute approximate surface area is 192 Å². The van der Waals surface area contributed by atoms with Crippen molar-refractivity contribution in [1.82, 2.24) is 20.0 Å². The highest BCUT2D eigenvalue weighted by molar-refractivity contribution is 6.05. The zero-order valence-corrected chi connectivity index (χ0v) is 18.2. The molecule has 0 aliphatic carbocycles. The monoisotopic (exact) mass is 470 g/mol. The number of nitrogens with zero attached hydrogens (tertiary/aromatic N) is 3. The van der Waals surface area contributed by atoms with Gasteiger partial charge in [0.1, 0.15) is 11.7 Å². The molecule has 1 aliphatic rings. The SMILES string of the molecule is CC(F)(F)C(=N)N1CCN(C(=O)c2cc(Cc3n[nH]c(=O)c4ccccc34)ccc2F)CC1=N. The first-order valence-corrected chi connectivity index (χ1v) is 10.4. The molecule has 11 heteroatoms. The number of hydrogen-bond acceptors (Lipinski definition) is 5. The van der Waals surface area contributed by atoms with E-state index in [4.69, 9.17) is 10.8 Å². The number of nitrogens with one attached hydrogen (secondary N) is 3. The highest BCUT2D eigenvalue weighted by Gasteiger charge is 2.37. The molecule has 0 unspecified atom stereocenters. The van der Waals surface area contributed by atoms with E-state index in [0.29, 0.717) is 29.0 Å². The molecular formula is C23H21F3N6O2.